The van der Waals surface area contributed by atoms with Crippen molar-refractivity contribution in [2.45, 2.75) is 82.6 Å². The monoisotopic (exact) mass is 857 g/mol. The van der Waals surface area contributed by atoms with Gasteiger partial charge in [-0.3, -0.25) is 4.79 Å². The molecule has 21 heteroatoms. The Morgan fingerprint density at radius 2 is 0.966 bits per heavy atom. The minimum atomic E-state index is -1.37. The average molecular weight is 857 g/mol. The van der Waals surface area contributed by atoms with Gasteiger partial charge >= 0.3 is 0 Å². The van der Waals surface area contributed by atoms with Crippen LogP contribution in [0.15, 0.2) is 12.3 Å². The Kier molecular flexibility index (Phi) is 45.7. The van der Waals surface area contributed by atoms with Gasteiger partial charge in [0.1, 0.15) is 17.9 Å². The highest BCUT2D eigenvalue weighted by Crippen LogP contribution is 2.27. The molecule has 0 aromatic rings. The third-order valence-electron chi connectivity index (χ3n) is 9.19. The summed E-state index contributed by atoms with van der Waals surface area (Å²) in [5.74, 6) is 0. The molecule has 0 heterocycles. The smallest absolute Gasteiger partial charge is 0.214 e. The number of rotatable bonds is 32. The first-order chi connectivity index (χ1) is 27.2. The molecular weight excluding hydrogens is 776 g/mol. The predicted molar refractivity (Wildman–Crippen MR) is 213 cm³/mol. The fraction of sp³-hybridized carbons (Fsp3) is 0.892. The Bertz CT molecular complexity index is 858. The van der Waals surface area contributed by atoms with Crippen molar-refractivity contribution in [3.05, 3.63) is 12.3 Å². The Labute approximate surface area is 344 Å². The number of aliphatic hydroxyl groups is 13. The number of hydrogen-bond donors (Lipinski definition) is 14. The van der Waals surface area contributed by atoms with E-state index in [9.17, 15) is 40.5 Å². The fourth-order valence-corrected chi connectivity index (χ4v) is 4.63. The van der Waals surface area contributed by atoms with Crippen molar-refractivity contribution in [1.82, 2.24) is 10.2 Å². The molecule has 0 aliphatic rings. The van der Waals surface area contributed by atoms with Gasteiger partial charge in [-0.1, -0.05) is 26.7 Å². The van der Waals surface area contributed by atoms with Gasteiger partial charge < -0.3 is 100 Å². The lowest BCUT2D eigenvalue weighted by molar-refractivity contribution is -0.150. The van der Waals surface area contributed by atoms with Gasteiger partial charge in [-0.2, -0.15) is 0 Å². The Morgan fingerprint density at radius 1 is 0.586 bits per heavy atom. The largest absolute Gasteiger partial charge is 0.396 e. The number of ether oxygens (including phenoxy) is 4. The van der Waals surface area contributed by atoms with Crippen LogP contribution in [0.3, 0.4) is 0 Å². The first-order valence-corrected chi connectivity index (χ1v) is 18.4. The summed E-state index contributed by atoms with van der Waals surface area (Å²) in [6.07, 6.45) is 5.03. The van der Waals surface area contributed by atoms with Crippen LogP contribution in [0.1, 0.15) is 52.9 Å². The van der Waals surface area contributed by atoms with Crippen LogP contribution in [0.25, 0.3) is 0 Å². The SMILES string of the molecule is C.CC=O.COC(C=O)OC.COC(OC)[C@@H](O)/C=C\N(CCCNC(CO)(CO)CO)C(CO)(CO)CO.OCC(CO)(CO)CCCCCC(CO)(CO)CO. The van der Waals surface area contributed by atoms with Crippen molar-refractivity contribution in [2.75, 3.05) is 121 Å². The van der Waals surface area contributed by atoms with E-state index in [4.69, 9.17) is 44.9 Å². The van der Waals surface area contributed by atoms with Crippen molar-refractivity contribution >= 4 is 12.6 Å². The summed E-state index contributed by atoms with van der Waals surface area (Å²) in [5, 5.41) is 125. The van der Waals surface area contributed by atoms with Crippen LogP contribution in [0.2, 0.25) is 0 Å². The molecular formula is C37H80N2O19. The van der Waals surface area contributed by atoms with Crippen molar-refractivity contribution < 1.29 is 94.9 Å². The molecule has 0 saturated heterocycles. The van der Waals surface area contributed by atoms with E-state index in [2.05, 4.69) is 14.8 Å². The molecule has 0 bridgehead atoms. The molecule has 58 heavy (non-hydrogen) atoms. The standard InChI is InChI=1S/C17H36N2O9.C13H28O6.C4H8O3.C2H4O.CH4/c1-27-15(28-2)14(26)4-7-19(17(11-23,12-24)13-25)6-3-5-18-16(8-20,9-21)10-22;14-6-12(7-15,8-16)4-2-1-3-5-13(9-17,10-18)11-19;1-6-4(3-5)7-2;1-2-3;/h4,7,14-15,18,20-26H,3,5-6,8-13H2,1-2H3;14-19H,1-11H2;3-4H,1-2H3;2H,1H3;1H4/b7-4-;;;;/t14-;;;;/m0..../s1. The van der Waals surface area contributed by atoms with E-state index < -0.39 is 80.2 Å². The van der Waals surface area contributed by atoms with Crippen LogP contribution in [0.4, 0.5) is 0 Å². The second kappa shape index (κ2) is 40.6. The molecule has 0 saturated carbocycles. The summed E-state index contributed by atoms with van der Waals surface area (Å²) in [5.41, 5.74) is -4.25. The zero-order valence-corrected chi connectivity index (χ0v) is 34.4. The summed E-state index contributed by atoms with van der Waals surface area (Å²) < 4.78 is 18.8. The lowest BCUT2D eigenvalue weighted by Crippen LogP contribution is -2.57. The summed E-state index contributed by atoms with van der Waals surface area (Å²) in [4.78, 5) is 20.0. The fourth-order valence-electron chi connectivity index (χ4n) is 4.63. The molecule has 0 unspecified atom stereocenters. The number of methoxy groups -OCH3 is 4. The molecule has 0 aromatic carbocycles. The van der Waals surface area contributed by atoms with Crippen LogP contribution in [-0.2, 0) is 28.5 Å². The molecule has 352 valence electrons. The number of carbonyl (C=O) groups excluding carboxylic acids is 2. The molecule has 14 N–H and O–H groups in total. The van der Waals surface area contributed by atoms with Crippen LogP contribution in [-0.4, -0.2) is 234 Å². The van der Waals surface area contributed by atoms with E-state index in [1.165, 1.54) is 52.5 Å². The van der Waals surface area contributed by atoms with Gasteiger partial charge in [-0.25, -0.2) is 0 Å². The molecule has 1 atom stereocenters. The highest BCUT2D eigenvalue weighted by molar-refractivity contribution is 5.53. The Balaban J connectivity index is -0.000000268. The maximum absolute atomic E-state index is 10.1. The van der Waals surface area contributed by atoms with Crippen LogP contribution >= 0.6 is 0 Å². The molecule has 0 fully saturated rings. The Morgan fingerprint density at radius 3 is 1.22 bits per heavy atom. The van der Waals surface area contributed by atoms with Gasteiger partial charge in [0.2, 0.25) is 6.29 Å². The molecule has 0 aromatic heterocycles. The zero-order valence-electron chi connectivity index (χ0n) is 34.4. The summed E-state index contributed by atoms with van der Waals surface area (Å²) >= 11 is 0. The lowest BCUT2D eigenvalue weighted by atomic mass is 9.82. The first-order valence-electron chi connectivity index (χ1n) is 18.4. The van der Waals surface area contributed by atoms with Gasteiger partial charge in [0.15, 0.2) is 12.6 Å². The zero-order chi connectivity index (χ0) is 44.8. The van der Waals surface area contributed by atoms with Crippen molar-refractivity contribution in [1.29, 1.82) is 0 Å². The highest BCUT2D eigenvalue weighted by Gasteiger charge is 2.34. The maximum atomic E-state index is 10.1. The molecule has 0 spiro atoms. The number of carbonyl (C=O) groups is 2. The molecule has 0 aliphatic heterocycles. The summed E-state index contributed by atoms with van der Waals surface area (Å²) in [7, 11) is 5.54. The summed E-state index contributed by atoms with van der Waals surface area (Å²) in [6.45, 7) is -2.58. The number of unbranched alkanes of at least 4 members (excludes halogenated alkanes) is 2. The number of hydrogen-bond acceptors (Lipinski definition) is 21. The second-order valence-corrected chi connectivity index (χ2v) is 13.3. The van der Waals surface area contributed by atoms with Crippen molar-refractivity contribution in [3.63, 3.8) is 0 Å². The van der Waals surface area contributed by atoms with Gasteiger partial charge in [-0.15, -0.1) is 0 Å². The van der Waals surface area contributed by atoms with Gasteiger partial charge in [-0.05, 0) is 45.0 Å². The van der Waals surface area contributed by atoms with E-state index in [0.29, 0.717) is 25.5 Å². The van der Waals surface area contributed by atoms with Crippen LogP contribution in [0, 0.1) is 10.8 Å². The van der Waals surface area contributed by atoms with Gasteiger partial charge in [0.05, 0.1) is 84.8 Å². The maximum Gasteiger partial charge on any atom is 0.214 e. The van der Waals surface area contributed by atoms with Crippen LogP contribution < -0.4 is 5.32 Å². The van der Waals surface area contributed by atoms with E-state index in [1.54, 1.807) is 0 Å². The number of nitrogens with zero attached hydrogens (tertiary/aromatic N) is 1. The molecule has 0 amide bonds. The van der Waals surface area contributed by atoms with Crippen molar-refractivity contribution in [2.24, 2.45) is 10.8 Å². The topological polar surface area (TPSA) is 349 Å². The lowest BCUT2D eigenvalue weighted by Gasteiger charge is -2.40. The van der Waals surface area contributed by atoms with E-state index in [-0.39, 0.29) is 60.2 Å². The molecule has 0 radical (unpaired) electrons. The quantitative estimate of drug-likeness (QED) is 0.0173. The number of aliphatic hydroxyl groups excluding tert-OH is 13. The predicted octanol–water partition coefficient (Wildman–Crippen LogP) is -4.30. The molecule has 21 nitrogen and oxygen atoms in total. The van der Waals surface area contributed by atoms with E-state index in [0.717, 1.165) is 25.5 Å². The minimum absolute atomic E-state index is 0. The first kappa shape index (κ1) is 65.3. The third-order valence-corrected chi connectivity index (χ3v) is 9.19. The normalized spacial score (nSPS) is 12.5. The van der Waals surface area contributed by atoms with E-state index in [1.807, 2.05) is 0 Å². The summed E-state index contributed by atoms with van der Waals surface area (Å²) in [6, 6.07) is 0. The van der Waals surface area contributed by atoms with Crippen molar-refractivity contribution in [3.8, 4) is 0 Å². The average Bonchev–Trinajstić information content (AvgIpc) is 3.25. The molecule has 0 aliphatic carbocycles. The van der Waals surface area contributed by atoms with Gasteiger partial charge in [0, 0.05) is 45.8 Å². The van der Waals surface area contributed by atoms with Crippen LogP contribution in [0.5, 0.6) is 0 Å². The third kappa shape index (κ3) is 25.7. The van der Waals surface area contributed by atoms with Gasteiger partial charge in [0.25, 0.3) is 0 Å². The second-order valence-electron chi connectivity index (χ2n) is 13.3. The number of aldehydes is 2. The minimum Gasteiger partial charge on any atom is -0.396 e. The Hall–Kier alpha value is -1.84. The highest BCUT2D eigenvalue weighted by atomic mass is 16.7. The number of nitrogens with one attached hydrogen (secondary N) is 1. The molecule has 0 rings (SSSR count). The van der Waals surface area contributed by atoms with E-state index >= 15 is 0 Å².